The lowest BCUT2D eigenvalue weighted by atomic mass is 9.35. The van der Waals surface area contributed by atoms with Gasteiger partial charge in [0.2, 0.25) is 0 Å². The number of hydrogen-bond acceptors (Lipinski definition) is 4. The van der Waals surface area contributed by atoms with Crippen LogP contribution in [0, 0.1) is 0 Å². The molecule has 9 aromatic rings. The Labute approximate surface area is 519 Å². The van der Waals surface area contributed by atoms with E-state index < -0.39 is 0 Å². The van der Waals surface area contributed by atoms with Gasteiger partial charge in [0.05, 0.1) is 17.1 Å². The highest BCUT2D eigenvalue weighted by Gasteiger charge is 2.51. The van der Waals surface area contributed by atoms with Crippen molar-refractivity contribution in [2.45, 2.75) is 200 Å². The average molecular weight is 1150 g/mol. The second-order valence-corrected chi connectivity index (χ2v) is 33.6. The van der Waals surface area contributed by atoms with E-state index in [1.165, 1.54) is 140 Å². The van der Waals surface area contributed by atoms with Crippen LogP contribution in [-0.4, -0.2) is 6.71 Å². The fraction of sp³-hybridized carbons (Fsp3) is 0.383. The molecule has 0 unspecified atom stereocenters. The summed E-state index contributed by atoms with van der Waals surface area (Å²) in [7, 11) is 0. The largest absolute Gasteiger partial charge is 0.311 e. The molecule has 436 valence electrons. The van der Waals surface area contributed by atoms with E-state index in [1.54, 1.807) is 0 Å². The van der Waals surface area contributed by atoms with Gasteiger partial charge in [-0.2, -0.15) is 0 Å². The van der Waals surface area contributed by atoms with Crippen molar-refractivity contribution in [3.8, 4) is 11.1 Å². The number of hydrogen-bond donors (Lipinski definition) is 0. The van der Waals surface area contributed by atoms with Gasteiger partial charge in [-0.1, -0.05) is 197 Å². The average Bonchev–Trinajstić information content (AvgIpc) is 1.27. The zero-order chi connectivity index (χ0) is 60.4. The van der Waals surface area contributed by atoms with Gasteiger partial charge in [0.15, 0.2) is 0 Å². The Bertz CT molecular complexity index is 4330. The lowest BCUT2D eigenvalue weighted by Crippen LogP contribution is -2.61. The molecule has 6 aliphatic rings. The number of rotatable bonds is 5. The van der Waals surface area contributed by atoms with E-state index >= 15 is 0 Å². The number of para-hydroxylation sites is 1. The first-order valence-corrected chi connectivity index (χ1v) is 33.2. The summed E-state index contributed by atoms with van der Waals surface area (Å²) >= 11 is 2.09. The Morgan fingerprint density at radius 2 is 0.942 bits per heavy atom. The first-order chi connectivity index (χ1) is 40.5. The van der Waals surface area contributed by atoms with Crippen LogP contribution >= 0.6 is 11.3 Å². The second-order valence-electron chi connectivity index (χ2n) is 32.5. The Morgan fingerprint density at radius 3 is 1.57 bits per heavy atom. The van der Waals surface area contributed by atoms with Crippen molar-refractivity contribution in [3.05, 3.63) is 202 Å². The molecule has 2 aliphatic heterocycles. The molecule has 86 heavy (non-hydrogen) atoms. The molecule has 0 spiro atoms. The normalized spacial score (nSPS) is 19.8. The monoisotopic (exact) mass is 1150 g/mol. The van der Waals surface area contributed by atoms with Gasteiger partial charge in [0.25, 0.3) is 6.71 Å². The van der Waals surface area contributed by atoms with Gasteiger partial charge in [0.1, 0.15) is 0 Å². The molecule has 0 atom stereocenters. The highest BCUT2D eigenvalue weighted by molar-refractivity contribution is 7.33. The van der Waals surface area contributed by atoms with Crippen molar-refractivity contribution >= 4 is 95.0 Å². The first kappa shape index (κ1) is 55.7. The van der Waals surface area contributed by atoms with Crippen LogP contribution in [0.5, 0.6) is 0 Å². The van der Waals surface area contributed by atoms with E-state index in [0.29, 0.717) is 0 Å². The van der Waals surface area contributed by atoms with E-state index in [4.69, 9.17) is 0 Å². The van der Waals surface area contributed by atoms with Crippen molar-refractivity contribution < 1.29 is 0 Å². The van der Waals surface area contributed by atoms with Gasteiger partial charge in [-0.25, -0.2) is 0 Å². The lowest BCUT2D eigenvalue weighted by Gasteiger charge is -2.48. The summed E-state index contributed by atoms with van der Waals surface area (Å²) in [6.07, 6.45) is 6.97. The fourth-order valence-corrected chi connectivity index (χ4v) is 18.4. The van der Waals surface area contributed by atoms with Crippen molar-refractivity contribution in [2.24, 2.45) is 0 Å². The summed E-state index contributed by atoms with van der Waals surface area (Å²) in [6.45, 7) is 41.9. The molecular weight excluding hydrogens is 1060 g/mol. The maximum atomic E-state index is 2.80. The van der Waals surface area contributed by atoms with Gasteiger partial charge in [-0.3, -0.25) is 0 Å². The van der Waals surface area contributed by atoms with Crippen molar-refractivity contribution in [3.63, 3.8) is 0 Å². The molecule has 5 heteroatoms. The summed E-state index contributed by atoms with van der Waals surface area (Å²) in [5.74, 6) is 0. The minimum Gasteiger partial charge on any atom is -0.311 e. The molecule has 15 rings (SSSR count). The SMILES string of the molecule is CC(C)(C)c1ccc(N(c2ccccc2)c2cc3c4c(c2)N(c2ccc5c(c2)C(C)(C)CCC5(C)C)c2c(sc5cc6c(cc25)C(C)(C)CCC6(C)C)B4c2cc4c(cc2N3c2cccc3c2C(C)(C)c2ccccc2-3)C(C)(C)CCC4(C)C)cc1. The predicted molar refractivity (Wildman–Crippen MR) is 373 cm³/mol. The van der Waals surface area contributed by atoms with Gasteiger partial charge >= 0.3 is 0 Å². The topological polar surface area (TPSA) is 9.72 Å². The van der Waals surface area contributed by atoms with Crippen LogP contribution in [-0.2, 0) is 43.3 Å². The quantitative estimate of drug-likeness (QED) is 0.159. The lowest BCUT2D eigenvalue weighted by molar-refractivity contribution is 0.332. The molecule has 0 fully saturated rings. The predicted octanol–water partition coefficient (Wildman–Crippen LogP) is 21.1. The second kappa shape index (κ2) is 18.2. The van der Waals surface area contributed by atoms with Gasteiger partial charge in [0, 0.05) is 54.4 Å². The molecule has 8 aromatic carbocycles. The third-order valence-electron chi connectivity index (χ3n) is 22.7. The zero-order valence-electron chi connectivity index (χ0n) is 54.5. The Morgan fingerprint density at radius 1 is 0.419 bits per heavy atom. The minimum atomic E-state index is -0.271. The van der Waals surface area contributed by atoms with Crippen LogP contribution in [0.2, 0.25) is 0 Å². The molecule has 0 N–H and O–H groups in total. The summed E-state index contributed by atoms with van der Waals surface area (Å²) < 4.78 is 2.85. The summed E-state index contributed by atoms with van der Waals surface area (Å²) in [6, 6.07) is 60.9. The van der Waals surface area contributed by atoms with Crippen LogP contribution in [0.3, 0.4) is 0 Å². The smallest absolute Gasteiger partial charge is 0.264 e. The fourth-order valence-electron chi connectivity index (χ4n) is 17.1. The highest BCUT2D eigenvalue weighted by Crippen LogP contribution is 2.60. The third kappa shape index (κ3) is 8.03. The maximum Gasteiger partial charge on any atom is 0.264 e. The molecule has 1 aromatic heterocycles. The molecule has 0 bridgehead atoms. The number of fused-ring (bicyclic) bond motifs is 12. The number of thiophene rings is 1. The molecule has 0 saturated heterocycles. The molecule has 0 amide bonds. The van der Waals surface area contributed by atoms with Crippen LogP contribution in [0.1, 0.15) is 206 Å². The van der Waals surface area contributed by atoms with E-state index in [1.807, 2.05) is 0 Å². The molecule has 3 heterocycles. The van der Waals surface area contributed by atoms with Crippen LogP contribution in [0.25, 0.3) is 21.2 Å². The Balaban J connectivity index is 1.13. The van der Waals surface area contributed by atoms with Crippen molar-refractivity contribution in [1.82, 2.24) is 0 Å². The Hall–Kier alpha value is -6.82. The van der Waals surface area contributed by atoms with Crippen LogP contribution in [0.15, 0.2) is 152 Å². The van der Waals surface area contributed by atoms with Crippen molar-refractivity contribution in [2.75, 3.05) is 14.7 Å². The molecule has 0 radical (unpaired) electrons. The number of anilines is 9. The molecule has 4 aliphatic carbocycles. The molecule has 0 saturated carbocycles. The standard InChI is InChI=1S/C81H88BN3S/c1-74(2,3)49-30-32-51(33-31-49)83(50-24-19-18-20-25-50)53-43-67-71-68(44-53)85(65-29-23-27-55-54-26-21-22-28-57(54)81(16,17)70(55)65)66-47-62-61(78(10,11)39-40-79(62,12)13)46-64(66)82(71)73-72(56-45-60-63(48-69(56)86-73)80(14,15)41-38-77(60,8)9)84(67)52-34-35-58-59(42-52)76(6,7)37-36-75(58,4)5/h18-35,42-48H,36-41H2,1-17H3. The number of nitrogens with zero attached hydrogens (tertiary/aromatic N) is 3. The number of benzene rings is 8. The van der Waals surface area contributed by atoms with Gasteiger partial charge in [-0.05, 0) is 221 Å². The Kier molecular flexibility index (Phi) is 11.8. The molecular formula is C81H88BN3S. The zero-order valence-corrected chi connectivity index (χ0v) is 55.3. The van der Waals surface area contributed by atoms with Crippen LogP contribution in [0.4, 0.5) is 51.2 Å². The molecule has 3 nitrogen and oxygen atoms in total. The van der Waals surface area contributed by atoms with E-state index in [0.717, 1.165) is 36.3 Å². The third-order valence-corrected chi connectivity index (χ3v) is 24.0. The van der Waals surface area contributed by atoms with Crippen molar-refractivity contribution in [1.29, 1.82) is 0 Å². The van der Waals surface area contributed by atoms with E-state index in [-0.39, 0.29) is 50.0 Å². The minimum absolute atomic E-state index is 0.00232. The van der Waals surface area contributed by atoms with Gasteiger partial charge in [-0.15, -0.1) is 11.3 Å². The summed E-state index contributed by atoms with van der Waals surface area (Å²) in [4.78, 5) is 8.15. The van der Waals surface area contributed by atoms with Crippen LogP contribution < -0.4 is 30.4 Å². The van der Waals surface area contributed by atoms with E-state index in [9.17, 15) is 0 Å². The van der Waals surface area contributed by atoms with Gasteiger partial charge < -0.3 is 14.7 Å². The van der Waals surface area contributed by atoms with E-state index in [2.05, 4.69) is 295 Å². The summed E-state index contributed by atoms with van der Waals surface area (Å²) in [5, 5.41) is 1.38. The highest BCUT2D eigenvalue weighted by atomic mass is 32.1. The maximum absolute atomic E-state index is 2.80. The first-order valence-electron chi connectivity index (χ1n) is 32.4. The summed E-state index contributed by atoms with van der Waals surface area (Å²) in [5.41, 5.74) is 29.6.